The van der Waals surface area contributed by atoms with E-state index in [1.54, 1.807) is 42.0 Å². The number of aryl methyl sites for hydroxylation is 1. The van der Waals surface area contributed by atoms with Crippen molar-refractivity contribution in [3.05, 3.63) is 47.9 Å². The number of benzene rings is 2. The quantitative estimate of drug-likeness (QED) is 0.522. The molecule has 1 aliphatic rings. The zero-order valence-corrected chi connectivity index (χ0v) is 18.6. The first kappa shape index (κ1) is 22.5. The number of carbonyl (C=O) groups is 2. The summed E-state index contributed by atoms with van der Waals surface area (Å²) in [7, 11) is 3.53. The van der Waals surface area contributed by atoms with E-state index in [4.69, 9.17) is 15.2 Å². The third-order valence-electron chi connectivity index (χ3n) is 5.63. The summed E-state index contributed by atoms with van der Waals surface area (Å²) in [4.78, 5) is 27.2. The van der Waals surface area contributed by atoms with Gasteiger partial charge in [0.05, 0.1) is 19.3 Å². The van der Waals surface area contributed by atoms with Crippen LogP contribution in [0.4, 0.5) is 4.39 Å². The second kappa shape index (κ2) is 9.45. The number of aromatic nitrogens is 2. The number of nitrogens with zero attached hydrogens (tertiary/aromatic N) is 4. The predicted octanol–water partition coefficient (Wildman–Crippen LogP) is 2.15. The molecule has 0 spiro atoms. The van der Waals surface area contributed by atoms with E-state index in [0.717, 1.165) is 26.1 Å². The fourth-order valence-corrected chi connectivity index (χ4v) is 3.75. The highest BCUT2D eigenvalue weighted by Gasteiger charge is 2.20. The van der Waals surface area contributed by atoms with Crippen LogP contribution in [-0.2, 0) is 11.8 Å². The van der Waals surface area contributed by atoms with Crippen LogP contribution in [0.3, 0.4) is 0 Å². The first-order chi connectivity index (χ1) is 15.8. The molecule has 0 saturated carbocycles. The molecule has 3 aromatic rings. The van der Waals surface area contributed by atoms with Gasteiger partial charge in [0.2, 0.25) is 11.8 Å². The summed E-state index contributed by atoms with van der Waals surface area (Å²) >= 11 is 0. The molecule has 0 radical (unpaired) electrons. The summed E-state index contributed by atoms with van der Waals surface area (Å²) in [6.45, 7) is 3.11. The Kier molecular flexibility index (Phi) is 6.45. The van der Waals surface area contributed by atoms with Crippen LogP contribution < -0.4 is 15.2 Å². The van der Waals surface area contributed by atoms with Crippen molar-refractivity contribution in [3.63, 3.8) is 0 Å². The number of carbonyl (C=O) groups excluding carboxylic acids is 2. The summed E-state index contributed by atoms with van der Waals surface area (Å²) in [6.07, 6.45) is 2.30. The van der Waals surface area contributed by atoms with E-state index in [1.165, 1.54) is 18.2 Å². The maximum absolute atomic E-state index is 14.7. The lowest BCUT2D eigenvalue weighted by Crippen LogP contribution is -2.48. The van der Waals surface area contributed by atoms with Crippen LogP contribution in [0.25, 0.3) is 10.9 Å². The molecule has 1 aromatic heterocycles. The van der Waals surface area contributed by atoms with Gasteiger partial charge >= 0.3 is 0 Å². The Morgan fingerprint density at radius 1 is 1.18 bits per heavy atom. The number of primary amides is 1. The normalized spacial score (nSPS) is 14.6. The van der Waals surface area contributed by atoms with Crippen LogP contribution in [0.1, 0.15) is 16.8 Å². The Morgan fingerprint density at radius 3 is 2.73 bits per heavy atom. The van der Waals surface area contributed by atoms with Crippen LogP contribution >= 0.6 is 0 Å². The van der Waals surface area contributed by atoms with Crippen molar-refractivity contribution >= 4 is 22.7 Å². The number of hydrogen-bond donors (Lipinski definition) is 1. The molecule has 9 nitrogen and oxygen atoms in total. The van der Waals surface area contributed by atoms with Crippen molar-refractivity contribution < 1.29 is 23.5 Å². The maximum Gasteiger partial charge on any atom is 0.248 e. The van der Waals surface area contributed by atoms with Crippen molar-refractivity contribution in [3.8, 4) is 17.2 Å². The first-order valence-electron chi connectivity index (χ1n) is 10.6. The van der Waals surface area contributed by atoms with Gasteiger partial charge in [-0.2, -0.15) is 5.10 Å². The van der Waals surface area contributed by atoms with Crippen LogP contribution in [0.15, 0.2) is 36.5 Å². The van der Waals surface area contributed by atoms with Gasteiger partial charge in [-0.05, 0) is 30.7 Å². The molecular weight excluding hydrogens is 429 g/mol. The van der Waals surface area contributed by atoms with Gasteiger partial charge < -0.3 is 20.1 Å². The standard InChI is InChI=1S/C23H26FN5O4/c1-27-7-8-29(14-21(27)30)6-3-9-32-17-4-5-19(18(24)12-17)33-20-11-15(23(25)31)10-16-13-26-28(2)22(16)20/h4-5,10-13H,3,6-9,14H2,1-2H3,(H2,25,31). The molecule has 1 aliphatic heterocycles. The summed E-state index contributed by atoms with van der Waals surface area (Å²) in [6, 6.07) is 7.44. The molecule has 0 bridgehead atoms. The minimum absolute atomic E-state index is 0.0116. The Bertz CT molecular complexity index is 1200. The van der Waals surface area contributed by atoms with E-state index in [-0.39, 0.29) is 23.0 Å². The lowest BCUT2D eigenvalue weighted by Gasteiger charge is -2.31. The lowest BCUT2D eigenvalue weighted by molar-refractivity contribution is -0.134. The number of piperazine rings is 1. The molecule has 0 atom stereocenters. The van der Waals surface area contributed by atoms with Crippen LogP contribution in [0.2, 0.25) is 0 Å². The van der Waals surface area contributed by atoms with Gasteiger partial charge in [0.25, 0.3) is 0 Å². The molecule has 2 heterocycles. The molecule has 4 rings (SSSR count). The lowest BCUT2D eigenvalue weighted by atomic mass is 10.1. The number of amides is 2. The monoisotopic (exact) mass is 455 g/mol. The van der Waals surface area contributed by atoms with Gasteiger partial charge in [-0.25, -0.2) is 4.39 Å². The molecule has 0 unspecified atom stereocenters. The smallest absolute Gasteiger partial charge is 0.248 e. The summed E-state index contributed by atoms with van der Waals surface area (Å²) in [5, 5.41) is 4.82. The van der Waals surface area contributed by atoms with Gasteiger partial charge in [-0.15, -0.1) is 0 Å². The summed E-state index contributed by atoms with van der Waals surface area (Å²) in [5.74, 6) is -0.457. The molecule has 1 fully saturated rings. The number of nitrogens with two attached hydrogens (primary N) is 1. The SMILES string of the molecule is CN1CCN(CCCOc2ccc(Oc3cc(C(N)=O)cc4cnn(C)c34)c(F)c2)CC1=O. The van der Waals surface area contributed by atoms with Gasteiger partial charge in [0.1, 0.15) is 11.3 Å². The number of fused-ring (bicyclic) bond motifs is 1. The second-order valence-electron chi connectivity index (χ2n) is 8.03. The topological polar surface area (TPSA) is 103 Å². The van der Waals surface area contributed by atoms with Crippen molar-refractivity contribution in [1.29, 1.82) is 0 Å². The molecule has 2 aromatic carbocycles. The number of hydrogen-bond acceptors (Lipinski definition) is 6. The molecule has 10 heteroatoms. The molecular formula is C23H26FN5O4. The Hall–Kier alpha value is -3.66. The highest BCUT2D eigenvalue weighted by molar-refractivity contribution is 5.99. The van der Waals surface area contributed by atoms with Crippen molar-refractivity contribution in [2.75, 3.05) is 39.8 Å². The van der Waals surface area contributed by atoms with Gasteiger partial charge in [0, 0.05) is 50.7 Å². The van der Waals surface area contributed by atoms with Crippen molar-refractivity contribution in [2.45, 2.75) is 6.42 Å². The predicted molar refractivity (Wildman–Crippen MR) is 120 cm³/mol. The van der Waals surface area contributed by atoms with E-state index in [9.17, 15) is 14.0 Å². The average Bonchev–Trinajstić information content (AvgIpc) is 3.16. The summed E-state index contributed by atoms with van der Waals surface area (Å²) in [5.41, 5.74) is 6.26. The van der Waals surface area contributed by atoms with Gasteiger partial charge in [0.15, 0.2) is 17.3 Å². The van der Waals surface area contributed by atoms with Crippen LogP contribution in [0.5, 0.6) is 17.2 Å². The Labute approximate surface area is 190 Å². The van der Waals surface area contributed by atoms with E-state index in [1.807, 2.05) is 0 Å². The summed E-state index contributed by atoms with van der Waals surface area (Å²) < 4.78 is 27.8. The first-order valence-corrected chi connectivity index (χ1v) is 10.6. The third kappa shape index (κ3) is 5.06. The van der Waals surface area contributed by atoms with E-state index < -0.39 is 11.7 Å². The number of halogens is 1. The molecule has 2 amide bonds. The Balaban J connectivity index is 1.39. The van der Waals surface area contributed by atoms with Gasteiger partial charge in [-0.3, -0.25) is 19.2 Å². The minimum Gasteiger partial charge on any atom is -0.493 e. The fraction of sp³-hybridized carbons (Fsp3) is 0.348. The molecule has 174 valence electrons. The average molecular weight is 455 g/mol. The zero-order chi connectivity index (χ0) is 23.5. The number of rotatable bonds is 8. The van der Waals surface area contributed by atoms with Crippen molar-refractivity contribution in [2.24, 2.45) is 12.8 Å². The van der Waals surface area contributed by atoms with Crippen LogP contribution in [-0.4, -0.2) is 71.2 Å². The second-order valence-corrected chi connectivity index (χ2v) is 8.03. The number of ether oxygens (including phenoxy) is 2. The van der Waals surface area contributed by atoms with E-state index in [0.29, 0.717) is 29.8 Å². The van der Waals surface area contributed by atoms with Crippen molar-refractivity contribution in [1.82, 2.24) is 19.6 Å². The van der Waals surface area contributed by atoms with Gasteiger partial charge in [-0.1, -0.05) is 0 Å². The number of likely N-dealkylation sites (N-methyl/N-ethyl adjacent to an activating group) is 1. The van der Waals surface area contributed by atoms with Crippen LogP contribution in [0, 0.1) is 5.82 Å². The molecule has 2 N–H and O–H groups in total. The zero-order valence-electron chi connectivity index (χ0n) is 18.6. The highest BCUT2D eigenvalue weighted by Crippen LogP contribution is 2.33. The largest absolute Gasteiger partial charge is 0.493 e. The van der Waals surface area contributed by atoms with E-state index in [2.05, 4.69) is 10.00 Å². The molecule has 0 aliphatic carbocycles. The minimum atomic E-state index is -0.615. The fourth-order valence-electron chi connectivity index (χ4n) is 3.75. The third-order valence-corrected chi connectivity index (χ3v) is 5.63. The molecule has 1 saturated heterocycles. The highest BCUT2D eigenvalue weighted by atomic mass is 19.1. The molecule has 33 heavy (non-hydrogen) atoms. The Morgan fingerprint density at radius 2 is 2.00 bits per heavy atom. The van der Waals surface area contributed by atoms with E-state index >= 15 is 0 Å². The maximum atomic E-state index is 14.7.